The Kier molecular flexibility index (Phi) is 11.5. The number of nitrogen functional groups attached to an aromatic ring is 1. The molecule has 0 fully saturated rings. The summed E-state index contributed by atoms with van der Waals surface area (Å²) < 4.78 is 67.6. The van der Waals surface area contributed by atoms with E-state index in [1.54, 1.807) is 50.2 Å². The van der Waals surface area contributed by atoms with Gasteiger partial charge in [-0.15, -0.1) is 12.1 Å². The van der Waals surface area contributed by atoms with E-state index in [0.717, 1.165) is 16.0 Å². The summed E-state index contributed by atoms with van der Waals surface area (Å²) in [5.41, 5.74) is 8.83. The number of benzene rings is 2. The number of aryl methyl sites for hydroxylation is 1. The molecule has 1 atom stereocenters. The first-order valence-corrected chi connectivity index (χ1v) is 14.7. The summed E-state index contributed by atoms with van der Waals surface area (Å²) >= 11 is 7.33. The summed E-state index contributed by atoms with van der Waals surface area (Å²) in [6.07, 6.45) is -4.71. The van der Waals surface area contributed by atoms with Gasteiger partial charge in [0.25, 0.3) is 5.71 Å². The maximum atomic E-state index is 13.8. The van der Waals surface area contributed by atoms with Crippen LogP contribution in [0.1, 0.15) is 61.0 Å². The summed E-state index contributed by atoms with van der Waals surface area (Å²) in [7, 11) is 0. The molecule has 1 unspecified atom stereocenters. The van der Waals surface area contributed by atoms with Crippen LogP contribution < -0.4 is 5.73 Å². The predicted octanol–water partition coefficient (Wildman–Crippen LogP) is 7.72. The molecule has 240 valence electrons. The quantitative estimate of drug-likeness (QED) is 0.0919. The number of allylic oxidation sites excluding steroid dienone is 3. The summed E-state index contributed by atoms with van der Waals surface area (Å²) in [4.78, 5) is 33.7. The van der Waals surface area contributed by atoms with Gasteiger partial charge in [0.05, 0.1) is 18.1 Å². The molecule has 0 bridgehead atoms. The van der Waals surface area contributed by atoms with E-state index in [4.69, 9.17) is 17.3 Å². The van der Waals surface area contributed by atoms with Crippen LogP contribution in [0.15, 0.2) is 58.9 Å². The Morgan fingerprint density at radius 3 is 2.28 bits per heavy atom. The zero-order valence-corrected chi connectivity index (χ0v) is 30.9. The van der Waals surface area contributed by atoms with Crippen LogP contribution in [0, 0.1) is 38.0 Å². The van der Waals surface area contributed by atoms with Crippen molar-refractivity contribution in [1.82, 2.24) is 9.97 Å². The Balaban J connectivity index is 0.00000576. The smallest absolute Gasteiger partial charge is 0.383 e. The molecule has 0 aliphatic carbocycles. The normalized spacial score (nSPS) is 14.7. The first kappa shape index (κ1) is 37.6. The third kappa shape index (κ3) is 7.18. The number of thioether (sulfide) groups is 1. The van der Waals surface area contributed by atoms with Gasteiger partial charge in [-0.05, 0) is 60.8 Å². The Hall–Kier alpha value is -2.85. The van der Waals surface area contributed by atoms with Gasteiger partial charge in [-0.3, -0.25) is 0 Å². The minimum atomic E-state index is -5.71. The Labute approximate surface area is 295 Å². The number of hydrogen-bond acceptors (Lipinski definition) is 6. The van der Waals surface area contributed by atoms with Crippen molar-refractivity contribution in [1.29, 1.82) is 0 Å². The van der Waals surface area contributed by atoms with Crippen molar-refractivity contribution in [3.63, 3.8) is 0 Å². The van der Waals surface area contributed by atoms with Crippen LogP contribution in [-0.2, 0) is 15.0 Å². The second kappa shape index (κ2) is 14.1. The number of carbonyl (C=O) groups excluding carboxylic acids is 2. The van der Waals surface area contributed by atoms with Crippen molar-refractivity contribution in [2.45, 2.75) is 51.6 Å². The van der Waals surface area contributed by atoms with E-state index in [2.05, 4.69) is 16.5 Å². The number of halogens is 6. The monoisotopic (exact) mass is 900 g/mol. The fourth-order valence-corrected chi connectivity index (χ4v) is 6.14. The third-order valence-corrected chi connectivity index (χ3v) is 9.26. The van der Waals surface area contributed by atoms with Gasteiger partial charge in [-0.2, -0.15) is 44.2 Å². The molecule has 1 aromatic heterocycles. The molecule has 0 amide bonds. The standard InChI is InChI=1S/C32H28ClF5N4O2S.U/c1-17(22-8-6-21(15-43)7-9-22)19(3)45-20(4)30(5,16-44)26-18(2)40-29(41-28(26)39)27-24-11-10-23(33)14-25(24)42(27)13-12-31(34,35)32(36,37)38;/h6-11,14,16H,4,12-13H2,1-3,5H3,(H2,39,40,41);/b19-17+;. The van der Waals surface area contributed by atoms with E-state index in [1.165, 1.54) is 22.4 Å². The Morgan fingerprint density at radius 2 is 1.74 bits per heavy atom. The van der Waals surface area contributed by atoms with Gasteiger partial charge >= 0.3 is 12.1 Å². The fourth-order valence-electron chi connectivity index (χ4n) is 4.97. The van der Waals surface area contributed by atoms with Crippen molar-refractivity contribution in [2.75, 3.05) is 12.3 Å². The number of fused-ring (bicyclic) bond motifs is 1. The molecule has 0 saturated carbocycles. The second-order valence-electron chi connectivity index (χ2n) is 10.7. The molecule has 1 aliphatic heterocycles. The summed E-state index contributed by atoms with van der Waals surface area (Å²) in [6, 6.07) is 11.4. The number of anilines is 1. The van der Waals surface area contributed by atoms with E-state index >= 15 is 0 Å². The van der Waals surface area contributed by atoms with E-state index in [-0.39, 0.29) is 59.1 Å². The molecule has 14 heteroatoms. The molecular formula is C32H28ClF5N4O2SU. The van der Waals surface area contributed by atoms with Crippen molar-refractivity contribution in [2.24, 2.45) is 0 Å². The number of carbonyl (C=O) groups is 1. The van der Waals surface area contributed by atoms with Gasteiger partial charge < -0.3 is 15.3 Å². The Morgan fingerprint density at radius 1 is 1.11 bits per heavy atom. The van der Waals surface area contributed by atoms with Crippen LogP contribution in [0.4, 0.5) is 33.5 Å². The average Bonchev–Trinajstić information content (AvgIpc) is 2.96. The SMILES string of the molecule is C=C(S/C(C)=C(\C)c1ccc([C-]=O)cc1)C(C)(C=O)c1c(C)nc(C2=[N+](CCC(F)(F)C(F)(F)F)c3cc(Cl)ccc32)nc1N.[U]. The molecule has 6 nitrogen and oxygen atoms in total. The maximum Gasteiger partial charge on any atom is 0.453 e. The summed E-state index contributed by atoms with van der Waals surface area (Å²) in [5.74, 6) is -5.00. The van der Waals surface area contributed by atoms with Crippen LogP contribution in [-0.4, -0.2) is 51.5 Å². The van der Waals surface area contributed by atoms with Crippen molar-refractivity contribution >= 4 is 58.7 Å². The van der Waals surface area contributed by atoms with Gasteiger partial charge in [0.1, 0.15) is 17.7 Å². The molecule has 2 N–H and O–H groups in total. The summed E-state index contributed by atoms with van der Waals surface area (Å²) in [6.45, 7) is 10.4. The number of hydrogen-bond donors (Lipinski definition) is 1. The topological polar surface area (TPSA) is 89.0 Å². The molecule has 3 aromatic rings. The van der Waals surface area contributed by atoms with Crippen LogP contribution in [0.2, 0.25) is 5.02 Å². The number of aldehydes is 1. The second-order valence-corrected chi connectivity index (χ2v) is 12.5. The molecule has 0 saturated heterocycles. The zero-order valence-electron chi connectivity index (χ0n) is 25.2. The molecule has 46 heavy (non-hydrogen) atoms. The minimum absolute atomic E-state index is 0. The number of rotatable bonds is 11. The molecule has 0 radical (unpaired) electrons. The van der Waals surface area contributed by atoms with Crippen molar-refractivity contribution in [3.8, 4) is 0 Å². The van der Waals surface area contributed by atoms with Crippen LogP contribution in [0.5, 0.6) is 0 Å². The van der Waals surface area contributed by atoms with Gasteiger partial charge in [-0.25, -0.2) is 9.97 Å². The number of nitrogens with two attached hydrogens (primary N) is 1. The minimum Gasteiger partial charge on any atom is -0.383 e. The summed E-state index contributed by atoms with van der Waals surface area (Å²) in [5, 5.41) is 0.265. The fraction of sp³-hybridized carbons (Fsp3) is 0.281. The van der Waals surface area contributed by atoms with Crippen molar-refractivity contribution < 1.29 is 67.2 Å². The van der Waals surface area contributed by atoms with Crippen LogP contribution in [0.3, 0.4) is 0 Å². The van der Waals surface area contributed by atoms with Gasteiger partial charge in [0.2, 0.25) is 11.5 Å². The molecule has 0 spiro atoms. The van der Waals surface area contributed by atoms with E-state index in [0.29, 0.717) is 33.7 Å². The largest absolute Gasteiger partial charge is 0.453 e. The van der Waals surface area contributed by atoms with E-state index < -0.39 is 30.5 Å². The first-order chi connectivity index (χ1) is 20.9. The number of aromatic nitrogens is 2. The zero-order chi connectivity index (χ0) is 33.5. The molecular weight excluding hydrogens is 873 g/mol. The van der Waals surface area contributed by atoms with Gasteiger partial charge in [0.15, 0.2) is 6.54 Å². The number of nitrogens with zero attached hydrogens (tertiary/aromatic N) is 3. The van der Waals surface area contributed by atoms with E-state index in [9.17, 15) is 31.5 Å². The van der Waals surface area contributed by atoms with Crippen LogP contribution in [0.25, 0.3) is 5.57 Å². The Bertz CT molecular complexity index is 1750. The van der Waals surface area contributed by atoms with Gasteiger partial charge in [0, 0.05) is 53.5 Å². The average molecular weight is 901 g/mol. The number of alkyl halides is 5. The van der Waals surface area contributed by atoms with Gasteiger partial charge in [-0.1, -0.05) is 29.9 Å². The van der Waals surface area contributed by atoms with Crippen molar-refractivity contribution in [3.05, 3.63) is 97.6 Å². The molecule has 4 rings (SSSR count). The van der Waals surface area contributed by atoms with Crippen LogP contribution >= 0.6 is 23.4 Å². The van der Waals surface area contributed by atoms with E-state index in [1.807, 2.05) is 20.1 Å². The molecule has 1 aliphatic rings. The molecule has 2 heterocycles. The third-order valence-electron chi connectivity index (χ3n) is 7.74. The molecule has 2 aromatic carbocycles. The first-order valence-electron chi connectivity index (χ1n) is 13.5. The maximum absolute atomic E-state index is 13.8. The predicted molar refractivity (Wildman–Crippen MR) is 166 cm³/mol.